The number of benzene rings is 2. The number of amides is 1. The fraction of sp³-hybridized carbons (Fsp3) is 0.316. The Morgan fingerprint density at radius 1 is 1.08 bits per heavy atom. The van der Waals surface area contributed by atoms with Gasteiger partial charge in [0.15, 0.2) is 0 Å². The molecule has 1 heterocycles. The van der Waals surface area contributed by atoms with Gasteiger partial charge in [-0.15, -0.1) is 0 Å². The predicted octanol–water partition coefficient (Wildman–Crippen LogP) is 5.50. The van der Waals surface area contributed by atoms with Crippen molar-refractivity contribution in [2.24, 2.45) is 5.92 Å². The molecular weight excluding hydrogens is 379 g/mol. The number of halogens is 3. The first-order chi connectivity index (χ1) is 12.0. The maximum Gasteiger partial charge on any atom is 0.228 e. The number of likely N-dealkylation sites (tertiary alicyclic amines) is 1. The number of nitrogens with zero attached hydrogens (tertiary/aromatic N) is 1. The molecule has 0 radical (unpaired) electrons. The van der Waals surface area contributed by atoms with Crippen molar-refractivity contribution in [1.29, 1.82) is 0 Å². The van der Waals surface area contributed by atoms with E-state index in [0.717, 1.165) is 37.5 Å². The normalized spacial score (nSPS) is 18.1. The molecule has 25 heavy (non-hydrogen) atoms. The topological polar surface area (TPSA) is 32.3 Å². The number of carbonyl (C=O) groups is 1. The first kappa shape index (κ1) is 18.5. The van der Waals surface area contributed by atoms with Gasteiger partial charge < -0.3 is 5.32 Å². The molecule has 1 aliphatic rings. The van der Waals surface area contributed by atoms with Crippen LogP contribution in [0, 0.1) is 5.92 Å². The van der Waals surface area contributed by atoms with Crippen molar-refractivity contribution >= 4 is 46.4 Å². The standard InChI is InChI=1S/C19H19Cl3N2O/c20-15-5-3-13(4-6-15)11-24-9-1-2-14(12-24)19(25)23-18-8-7-16(21)10-17(18)22/h3-8,10,14H,1-2,9,11-12H2,(H,23,25)/t14-/m0/s1. The molecule has 3 rings (SSSR count). The van der Waals surface area contributed by atoms with Gasteiger partial charge in [-0.2, -0.15) is 0 Å². The van der Waals surface area contributed by atoms with Crippen LogP contribution >= 0.6 is 34.8 Å². The van der Waals surface area contributed by atoms with Crippen LogP contribution in [0.4, 0.5) is 5.69 Å². The molecule has 1 aliphatic heterocycles. The van der Waals surface area contributed by atoms with Crippen LogP contribution in [0.3, 0.4) is 0 Å². The second-order valence-corrected chi connectivity index (χ2v) is 7.59. The van der Waals surface area contributed by atoms with E-state index < -0.39 is 0 Å². The molecule has 1 atom stereocenters. The average Bonchev–Trinajstić information content (AvgIpc) is 2.60. The van der Waals surface area contributed by atoms with Crippen molar-refractivity contribution in [2.45, 2.75) is 19.4 Å². The number of nitrogens with one attached hydrogen (secondary N) is 1. The Balaban J connectivity index is 1.60. The summed E-state index contributed by atoms with van der Waals surface area (Å²) in [4.78, 5) is 14.9. The third-order valence-electron chi connectivity index (χ3n) is 4.38. The van der Waals surface area contributed by atoms with E-state index in [9.17, 15) is 4.79 Å². The van der Waals surface area contributed by atoms with Gasteiger partial charge in [-0.3, -0.25) is 9.69 Å². The lowest BCUT2D eigenvalue weighted by Crippen LogP contribution is -2.40. The summed E-state index contributed by atoms with van der Waals surface area (Å²) in [6, 6.07) is 12.9. The Labute approximate surface area is 162 Å². The van der Waals surface area contributed by atoms with Crippen LogP contribution in [-0.2, 0) is 11.3 Å². The molecule has 2 aromatic carbocycles. The number of piperidine rings is 1. The quantitative estimate of drug-likeness (QED) is 0.739. The summed E-state index contributed by atoms with van der Waals surface area (Å²) >= 11 is 18.0. The van der Waals surface area contributed by atoms with Gasteiger partial charge >= 0.3 is 0 Å². The van der Waals surface area contributed by atoms with E-state index >= 15 is 0 Å². The Hall–Kier alpha value is -1.26. The molecule has 132 valence electrons. The van der Waals surface area contributed by atoms with Crippen LogP contribution in [0.5, 0.6) is 0 Å². The zero-order valence-electron chi connectivity index (χ0n) is 13.6. The molecule has 1 amide bonds. The summed E-state index contributed by atoms with van der Waals surface area (Å²) in [6.45, 7) is 2.55. The lowest BCUT2D eigenvalue weighted by atomic mass is 9.96. The highest BCUT2D eigenvalue weighted by molar-refractivity contribution is 6.36. The minimum Gasteiger partial charge on any atom is -0.324 e. The van der Waals surface area contributed by atoms with Crippen molar-refractivity contribution in [1.82, 2.24) is 4.90 Å². The Morgan fingerprint density at radius 3 is 2.52 bits per heavy atom. The van der Waals surface area contributed by atoms with E-state index in [0.29, 0.717) is 15.7 Å². The largest absolute Gasteiger partial charge is 0.324 e. The van der Waals surface area contributed by atoms with Crippen LogP contribution in [0.1, 0.15) is 18.4 Å². The fourth-order valence-electron chi connectivity index (χ4n) is 3.09. The SMILES string of the molecule is O=C(Nc1ccc(Cl)cc1Cl)[C@H]1CCCN(Cc2ccc(Cl)cc2)C1. The molecule has 0 bridgehead atoms. The monoisotopic (exact) mass is 396 g/mol. The average molecular weight is 398 g/mol. The van der Waals surface area contributed by atoms with E-state index in [4.69, 9.17) is 34.8 Å². The lowest BCUT2D eigenvalue weighted by molar-refractivity contribution is -0.121. The van der Waals surface area contributed by atoms with Crippen LogP contribution in [-0.4, -0.2) is 23.9 Å². The highest BCUT2D eigenvalue weighted by atomic mass is 35.5. The maximum atomic E-state index is 12.6. The van der Waals surface area contributed by atoms with Crippen LogP contribution in [0.25, 0.3) is 0 Å². The summed E-state index contributed by atoms with van der Waals surface area (Å²) in [5.41, 5.74) is 1.80. The number of hydrogen-bond donors (Lipinski definition) is 1. The van der Waals surface area contributed by atoms with Crippen molar-refractivity contribution in [3.8, 4) is 0 Å². The third kappa shape index (κ3) is 5.11. The minimum atomic E-state index is -0.0483. The molecule has 1 saturated heterocycles. The minimum absolute atomic E-state index is 0.00466. The highest BCUT2D eigenvalue weighted by Crippen LogP contribution is 2.27. The molecule has 0 spiro atoms. The Morgan fingerprint density at radius 2 is 1.80 bits per heavy atom. The zero-order chi connectivity index (χ0) is 17.8. The zero-order valence-corrected chi connectivity index (χ0v) is 15.9. The number of anilines is 1. The van der Waals surface area contributed by atoms with Crippen molar-refractivity contribution in [3.05, 3.63) is 63.1 Å². The lowest BCUT2D eigenvalue weighted by Gasteiger charge is -2.32. The van der Waals surface area contributed by atoms with Crippen molar-refractivity contribution in [3.63, 3.8) is 0 Å². The number of carbonyl (C=O) groups excluding carboxylic acids is 1. The summed E-state index contributed by atoms with van der Waals surface area (Å²) < 4.78 is 0. The molecule has 0 aliphatic carbocycles. The van der Waals surface area contributed by atoms with Gasteiger partial charge in [-0.1, -0.05) is 46.9 Å². The van der Waals surface area contributed by atoms with Gasteiger partial charge in [0, 0.05) is 23.1 Å². The highest BCUT2D eigenvalue weighted by Gasteiger charge is 2.26. The second-order valence-electron chi connectivity index (χ2n) is 6.31. The molecular formula is C19H19Cl3N2O. The van der Waals surface area contributed by atoms with E-state index in [1.54, 1.807) is 18.2 Å². The summed E-state index contributed by atoms with van der Waals surface area (Å²) in [5.74, 6) is -0.0437. The van der Waals surface area contributed by atoms with Gasteiger partial charge in [0.05, 0.1) is 16.6 Å². The van der Waals surface area contributed by atoms with Gasteiger partial charge in [-0.25, -0.2) is 0 Å². The molecule has 6 heteroatoms. The van der Waals surface area contributed by atoms with Gasteiger partial charge in [0.2, 0.25) is 5.91 Å². The van der Waals surface area contributed by atoms with Gasteiger partial charge in [0.1, 0.15) is 0 Å². The van der Waals surface area contributed by atoms with E-state index in [1.807, 2.05) is 24.3 Å². The molecule has 0 aromatic heterocycles. The van der Waals surface area contributed by atoms with E-state index in [2.05, 4.69) is 10.2 Å². The molecule has 0 unspecified atom stereocenters. The third-order valence-corrected chi connectivity index (χ3v) is 5.18. The molecule has 3 nitrogen and oxygen atoms in total. The molecule has 2 aromatic rings. The first-order valence-corrected chi connectivity index (χ1v) is 9.37. The van der Waals surface area contributed by atoms with Gasteiger partial charge in [-0.05, 0) is 55.3 Å². The van der Waals surface area contributed by atoms with Crippen LogP contribution in [0.15, 0.2) is 42.5 Å². The van der Waals surface area contributed by atoms with Crippen molar-refractivity contribution < 1.29 is 4.79 Å². The molecule has 1 N–H and O–H groups in total. The molecule has 1 fully saturated rings. The predicted molar refractivity (Wildman–Crippen MR) is 105 cm³/mol. The number of hydrogen-bond acceptors (Lipinski definition) is 2. The van der Waals surface area contributed by atoms with E-state index in [-0.39, 0.29) is 11.8 Å². The Bertz CT molecular complexity index is 749. The summed E-state index contributed by atoms with van der Waals surface area (Å²) in [5, 5.41) is 4.67. The van der Waals surface area contributed by atoms with Crippen LogP contribution in [0.2, 0.25) is 15.1 Å². The smallest absolute Gasteiger partial charge is 0.228 e. The van der Waals surface area contributed by atoms with Crippen molar-refractivity contribution in [2.75, 3.05) is 18.4 Å². The first-order valence-electron chi connectivity index (χ1n) is 8.24. The van der Waals surface area contributed by atoms with Gasteiger partial charge in [0.25, 0.3) is 0 Å². The Kier molecular flexibility index (Phi) is 6.24. The maximum absolute atomic E-state index is 12.6. The number of rotatable bonds is 4. The summed E-state index contributed by atoms with van der Waals surface area (Å²) in [6.07, 6.45) is 1.88. The van der Waals surface area contributed by atoms with E-state index in [1.165, 1.54) is 5.56 Å². The molecule has 0 saturated carbocycles. The fourth-order valence-corrected chi connectivity index (χ4v) is 3.67. The second kappa shape index (κ2) is 8.41. The van der Waals surface area contributed by atoms with Crippen LogP contribution < -0.4 is 5.32 Å². The summed E-state index contributed by atoms with van der Waals surface area (Å²) in [7, 11) is 0.